The summed E-state index contributed by atoms with van der Waals surface area (Å²) in [4.78, 5) is 26.7. The molecule has 8 heteroatoms. The second-order valence-electron chi connectivity index (χ2n) is 6.90. The maximum Gasteiger partial charge on any atom is 0.339 e. The number of aryl methyl sites for hydroxylation is 1. The number of carbonyl (C=O) groups excluding carboxylic acids is 1. The van der Waals surface area contributed by atoms with Crippen molar-refractivity contribution in [3.05, 3.63) is 63.3 Å². The highest BCUT2D eigenvalue weighted by molar-refractivity contribution is 5.90. The molecule has 0 radical (unpaired) electrons. The Labute approximate surface area is 163 Å². The summed E-state index contributed by atoms with van der Waals surface area (Å²) in [6, 6.07) is 9.36. The molecule has 1 fully saturated rings. The van der Waals surface area contributed by atoms with Gasteiger partial charge in [0.05, 0.1) is 17.6 Å². The van der Waals surface area contributed by atoms with Crippen LogP contribution in [0.2, 0.25) is 0 Å². The second kappa shape index (κ2) is 8.35. The number of esters is 1. The molecule has 1 aliphatic rings. The van der Waals surface area contributed by atoms with Crippen LogP contribution in [-0.2, 0) is 14.9 Å². The number of benzene rings is 1. The lowest BCUT2D eigenvalue weighted by Gasteiger charge is -2.39. The van der Waals surface area contributed by atoms with Gasteiger partial charge in [-0.05, 0) is 30.9 Å². The molecule has 0 atom stereocenters. The fraction of sp³-hybridized carbons (Fsp3) is 0.400. The molecule has 0 spiro atoms. The lowest BCUT2D eigenvalue weighted by molar-refractivity contribution is -0.384. The molecule has 0 amide bonds. The fourth-order valence-corrected chi connectivity index (χ4v) is 3.68. The van der Waals surface area contributed by atoms with Gasteiger partial charge >= 0.3 is 11.7 Å². The van der Waals surface area contributed by atoms with Gasteiger partial charge in [0.2, 0.25) is 5.82 Å². The average Bonchev–Trinajstić information content (AvgIpc) is 2.72. The van der Waals surface area contributed by atoms with E-state index in [1.54, 1.807) is 0 Å². The van der Waals surface area contributed by atoms with Crippen LogP contribution >= 0.6 is 0 Å². The molecule has 1 aromatic carbocycles. The Balaban J connectivity index is 1.91. The highest BCUT2D eigenvalue weighted by Gasteiger charge is 2.36. The minimum atomic E-state index is -0.664. The van der Waals surface area contributed by atoms with E-state index in [1.165, 1.54) is 30.5 Å². The molecule has 8 nitrogen and oxygen atoms in total. The Kier molecular flexibility index (Phi) is 5.89. The summed E-state index contributed by atoms with van der Waals surface area (Å²) < 4.78 is 10.2. The molecule has 2 aromatic rings. The summed E-state index contributed by atoms with van der Waals surface area (Å²) in [7, 11) is 1.22. The number of hydrogen-bond donors (Lipinski definition) is 1. The molecule has 28 heavy (non-hydrogen) atoms. The number of ether oxygens (including phenoxy) is 2. The van der Waals surface area contributed by atoms with Crippen LogP contribution in [0, 0.1) is 17.0 Å². The van der Waals surface area contributed by atoms with E-state index in [0.717, 1.165) is 12.8 Å². The van der Waals surface area contributed by atoms with Gasteiger partial charge in [-0.3, -0.25) is 10.1 Å². The molecule has 1 aromatic heterocycles. The van der Waals surface area contributed by atoms with Gasteiger partial charge in [0.25, 0.3) is 0 Å². The van der Waals surface area contributed by atoms with Crippen molar-refractivity contribution in [2.75, 3.05) is 32.2 Å². The molecule has 3 rings (SSSR count). The molecule has 0 aliphatic carbocycles. The maximum absolute atomic E-state index is 11.7. The number of nitro groups is 1. The van der Waals surface area contributed by atoms with Gasteiger partial charge in [0.1, 0.15) is 0 Å². The number of nitrogens with zero attached hydrogens (tertiary/aromatic N) is 2. The first-order valence-electron chi connectivity index (χ1n) is 9.07. The lowest BCUT2D eigenvalue weighted by Crippen LogP contribution is -2.40. The molecule has 2 heterocycles. The van der Waals surface area contributed by atoms with Gasteiger partial charge in [-0.1, -0.05) is 24.3 Å². The topological polar surface area (TPSA) is 104 Å². The number of anilines is 1. The number of nitrogens with one attached hydrogen (secondary N) is 1. The fourth-order valence-electron chi connectivity index (χ4n) is 3.68. The summed E-state index contributed by atoms with van der Waals surface area (Å²) >= 11 is 0. The van der Waals surface area contributed by atoms with Gasteiger partial charge in [-0.2, -0.15) is 0 Å². The van der Waals surface area contributed by atoms with Gasteiger partial charge in [-0.25, -0.2) is 9.78 Å². The maximum atomic E-state index is 11.7. The number of hydrogen-bond acceptors (Lipinski definition) is 7. The zero-order chi connectivity index (χ0) is 20.1. The van der Waals surface area contributed by atoms with E-state index < -0.39 is 10.9 Å². The Morgan fingerprint density at radius 2 is 2.07 bits per heavy atom. The van der Waals surface area contributed by atoms with Crippen LogP contribution < -0.4 is 5.32 Å². The molecule has 148 valence electrons. The number of methoxy groups -OCH3 is 1. The molecular formula is C20H23N3O5. The molecule has 0 saturated carbocycles. The van der Waals surface area contributed by atoms with E-state index in [1.807, 2.05) is 12.1 Å². The number of rotatable bonds is 6. The first-order valence-corrected chi connectivity index (χ1v) is 9.07. The van der Waals surface area contributed by atoms with Crippen molar-refractivity contribution in [3.8, 4) is 0 Å². The summed E-state index contributed by atoms with van der Waals surface area (Å²) in [5.74, 6) is -0.528. The van der Waals surface area contributed by atoms with Crippen LogP contribution in [0.15, 0.2) is 36.5 Å². The monoisotopic (exact) mass is 385 g/mol. The largest absolute Gasteiger partial charge is 0.465 e. The van der Waals surface area contributed by atoms with Crippen molar-refractivity contribution in [2.24, 2.45) is 0 Å². The SMILES string of the molecule is COC(=O)c1cnc(NCC2(c3ccccc3C)CCOCC2)c([N+](=O)[O-])c1. The van der Waals surface area contributed by atoms with E-state index in [2.05, 4.69) is 34.1 Å². The molecule has 1 aliphatic heterocycles. The third kappa shape index (κ3) is 3.96. The summed E-state index contributed by atoms with van der Waals surface area (Å²) in [6.07, 6.45) is 2.89. The predicted molar refractivity (Wildman–Crippen MR) is 104 cm³/mol. The summed E-state index contributed by atoms with van der Waals surface area (Å²) in [5.41, 5.74) is 1.96. The van der Waals surface area contributed by atoms with E-state index in [-0.39, 0.29) is 22.5 Å². The van der Waals surface area contributed by atoms with Crippen LogP contribution in [0.4, 0.5) is 11.5 Å². The van der Waals surface area contributed by atoms with Crippen molar-refractivity contribution >= 4 is 17.5 Å². The molecular weight excluding hydrogens is 362 g/mol. The third-order valence-corrected chi connectivity index (χ3v) is 5.25. The number of carbonyl (C=O) groups is 1. The third-order valence-electron chi connectivity index (χ3n) is 5.25. The second-order valence-corrected chi connectivity index (χ2v) is 6.90. The van der Waals surface area contributed by atoms with Crippen LogP contribution in [0.1, 0.15) is 34.3 Å². The normalized spacial score (nSPS) is 15.6. The smallest absolute Gasteiger partial charge is 0.339 e. The Morgan fingerprint density at radius 1 is 1.36 bits per heavy atom. The minimum Gasteiger partial charge on any atom is -0.465 e. The molecule has 0 unspecified atom stereocenters. The first kappa shape index (κ1) is 19.8. The zero-order valence-electron chi connectivity index (χ0n) is 15.9. The van der Waals surface area contributed by atoms with Crippen LogP contribution in [0.5, 0.6) is 0 Å². The summed E-state index contributed by atoms with van der Waals surface area (Å²) in [6.45, 7) is 3.81. The van der Waals surface area contributed by atoms with Crippen molar-refractivity contribution in [2.45, 2.75) is 25.2 Å². The number of aromatic nitrogens is 1. The minimum absolute atomic E-state index is 0.0411. The number of pyridine rings is 1. The van der Waals surface area contributed by atoms with Crippen LogP contribution in [0.25, 0.3) is 0 Å². The van der Waals surface area contributed by atoms with Gasteiger partial charge in [0, 0.05) is 37.4 Å². The Bertz CT molecular complexity index is 878. The van der Waals surface area contributed by atoms with Crippen molar-refractivity contribution in [3.63, 3.8) is 0 Å². The lowest BCUT2D eigenvalue weighted by atomic mass is 9.72. The van der Waals surface area contributed by atoms with Crippen molar-refractivity contribution in [1.29, 1.82) is 0 Å². The van der Waals surface area contributed by atoms with E-state index in [9.17, 15) is 14.9 Å². The van der Waals surface area contributed by atoms with E-state index in [4.69, 9.17) is 4.74 Å². The van der Waals surface area contributed by atoms with Crippen LogP contribution in [0.3, 0.4) is 0 Å². The quantitative estimate of drug-likeness (QED) is 0.462. The Morgan fingerprint density at radius 3 is 2.71 bits per heavy atom. The van der Waals surface area contributed by atoms with Gasteiger partial charge in [-0.15, -0.1) is 0 Å². The standard InChI is InChI=1S/C20H23N3O5/c1-14-5-3-4-6-16(14)20(7-9-28-10-8-20)13-22-18-17(23(25)26)11-15(12-21-18)19(24)27-2/h3-6,11-12H,7-10,13H2,1-2H3,(H,21,22). The molecule has 1 N–H and O–H groups in total. The highest BCUT2D eigenvalue weighted by atomic mass is 16.6. The first-order chi connectivity index (χ1) is 13.5. The molecule has 1 saturated heterocycles. The van der Waals surface area contributed by atoms with Gasteiger partial charge < -0.3 is 14.8 Å². The van der Waals surface area contributed by atoms with E-state index >= 15 is 0 Å². The predicted octanol–water partition coefficient (Wildman–Crippen LogP) is 3.25. The van der Waals surface area contributed by atoms with Crippen LogP contribution in [-0.4, -0.2) is 42.7 Å². The Hall–Kier alpha value is -3.00. The zero-order valence-corrected chi connectivity index (χ0v) is 15.9. The van der Waals surface area contributed by atoms with Crippen molar-refractivity contribution < 1.29 is 19.2 Å². The van der Waals surface area contributed by atoms with Crippen molar-refractivity contribution in [1.82, 2.24) is 4.98 Å². The highest BCUT2D eigenvalue weighted by Crippen LogP contribution is 2.37. The van der Waals surface area contributed by atoms with Gasteiger partial charge in [0.15, 0.2) is 0 Å². The summed E-state index contributed by atoms with van der Waals surface area (Å²) in [5, 5.41) is 14.6. The van der Waals surface area contributed by atoms with E-state index in [0.29, 0.717) is 19.8 Å². The average molecular weight is 385 g/mol. The molecule has 0 bridgehead atoms.